The van der Waals surface area contributed by atoms with Crippen LogP contribution >= 0.6 is 11.8 Å². The maximum absolute atomic E-state index is 11.9. The van der Waals surface area contributed by atoms with E-state index in [-0.39, 0.29) is 106 Å². The number of urea groups is 1. The van der Waals surface area contributed by atoms with E-state index in [2.05, 4.69) is 20.1 Å². The molecule has 1 radical (unpaired) electrons. The van der Waals surface area contributed by atoms with Crippen LogP contribution in [0.1, 0.15) is 32.1 Å². The fourth-order valence-electron chi connectivity index (χ4n) is 3.40. The molecule has 6 N–H and O–H groups in total. The number of thioether (sulfide) groups is 1. The number of carbonyl (C=O) groups is 2. The first kappa shape index (κ1) is 32.9. The number of aliphatic hydroxyl groups excluding tert-OH is 2. The van der Waals surface area contributed by atoms with Crippen LogP contribution in [0.3, 0.4) is 0 Å². The van der Waals surface area contributed by atoms with E-state index in [9.17, 15) is 32.8 Å². The second-order valence-electron chi connectivity index (χ2n) is 7.43. The molecule has 0 aromatic heterocycles. The van der Waals surface area contributed by atoms with Crippen molar-refractivity contribution >= 4 is 34.1 Å². The van der Waals surface area contributed by atoms with Crippen LogP contribution in [0, 0.1) is 0 Å². The van der Waals surface area contributed by atoms with Gasteiger partial charge < -0.3 is 36.4 Å². The van der Waals surface area contributed by atoms with Gasteiger partial charge in [-0.2, -0.15) is 11.8 Å². The molecule has 0 aromatic rings. The van der Waals surface area contributed by atoms with Crippen LogP contribution < -0.4 is 45.5 Å². The Kier molecular flexibility index (Phi) is 16.3. The molecule has 3 amide bonds. The number of unbranched alkanes of at least 4 members (excludes halogenated alkanes) is 1. The van der Waals surface area contributed by atoms with Crippen LogP contribution in [0.25, 0.3) is 5.73 Å². The van der Waals surface area contributed by atoms with Gasteiger partial charge in [-0.25, -0.2) is 13.2 Å². The number of hydrogen-bond acceptors (Lipinski definition) is 9. The van der Waals surface area contributed by atoms with Crippen molar-refractivity contribution in [1.29, 1.82) is 0 Å². The van der Waals surface area contributed by atoms with Crippen molar-refractivity contribution in [2.45, 2.75) is 67.7 Å². The quantitative estimate of drug-likeness (QED) is 0.0471. The van der Waals surface area contributed by atoms with Crippen LogP contribution in [0.15, 0.2) is 0 Å². The van der Waals surface area contributed by atoms with Gasteiger partial charge in [0, 0.05) is 69.2 Å². The third-order valence-corrected chi connectivity index (χ3v) is 6.92. The largest absolute Gasteiger partial charge is 1.00 e. The van der Waals surface area contributed by atoms with Gasteiger partial charge in [-0.3, -0.25) is 8.98 Å². The zero-order valence-corrected chi connectivity index (χ0v) is 24.3. The zero-order chi connectivity index (χ0) is 22.3. The van der Waals surface area contributed by atoms with E-state index < -0.39 is 35.3 Å². The average molecular weight is 580 g/mol. The predicted octanol–water partition coefficient (Wildman–Crippen LogP) is -4.16. The van der Waals surface area contributed by atoms with Gasteiger partial charge in [0.2, 0.25) is 16.3 Å². The molecule has 0 bridgehead atoms. The van der Waals surface area contributed by atoms with Crippen molar-refractivity contribution in [1.82, 2.24) is 16.0 Å². The van der Waals surface area contributed by atoms with Crippen molar-refractivity contribution in [3.05, 3.63) is 5.73 Å². The van der Waals surface area contributed by atoms with E-state index in [4.69, 9.17) is 5.73 Å². The smallest absolute Gasteiger partial charge is 0.726 e. The first-order chi connectivity index (χ1) is 14.0. The third kappa shape index (κ3) is 12.1. The maximum Gasteiger partial charge on any atom is 1.00 e. The molecule has 0 aliphatic carbocycles. The Morgan fingerprint density at radius 3 is 2.69 bits per heavy atom. The number of amides is 3. The van der Waals surface area contributed by atoms with Crippen LogP contribution in [-0.4, -0.2) is 89.6 Å². The third-order valence-electron chi connectivity index (χ3n) is 4.98. The summed E-state index contributed by atoms with van der Waals surface area (Å²) in [5.74, 6) is 0.628. The minimum atomic E-state index is -4.94. The molecule has 6 atom stereocenters. The average Bonchev–Trinajstić information content (AvgIpc) is 3.20. The maximum atomic E-state index is 11.9. The minimum Gasteiger partial charge on any atom is -0.726 e. The van der Waals surface area contributed by atoms with Gasteiger partial charge in [0.05, 0.1) is 24.8 Å². The summed E-state index contributed by atoms with van der Waals surface area (Å²) in [6.45, 7) is -0.935. The standard InChI is InChI=1S/C16H29N4O8S2.Na.Y/c17-10(12(22)5-9(21)7-28-30(25,26)27)6-18-14(23)4-2-1-3-13-15-11(8-29-13)19-16(24)20-15;;/h9-13,15,17,21-22H,1-8H2,(H,18,23)(H2,19,20,24)(H,25,26,27);;/q-1;+1;/p-1/t9?,10?,11-,12?,13?,15-;;/m0../s1. The van der Waals surface area contributed by atoms with Gasteiger partial charge in [0.15, 0.2) is 0 Å². The molecule has 0 aromatic carbocycles. The second-order valence-corrected chi connectivity index (χ2v) is 9.75. The van der Waals surface area contributed by atoms with E-state index >= 15 is 0 Å². The number of fused-ring (bicyclic) bond motifs is 1. The Bertz CT molecular complexity index is 708. The summed E-state index contributed by atoms with van der Waals surface area (Å²) in [4.78, 5) is 23.3. The summed E-state index contributed by atoms with van der Waals surface area (Å²) in [6, 6.07) is -0.947. The molecule has 0 saturated carbocycles. The van der Waals surface area contributed by atoms with Gasteiger partial charge >= 0.3 is 35.6 Å². The first-order valence-corrected chi connectivity index (χ1v) is 12.1. The van der Waals surface area contributed by atoms with Crippen LogP contribution in [-0.2, 0) is 52.1 Å². The number of carbonyl (C=O) groups excluding carboxylic acids is 2. The molecule has 16 heteroatoms. The van der Waals surface area contributed by atoms with E-state index in [0.29, 0.717) is 11.7 Å². The molecular formula is C16H28N4NaO8S2Y-. The first-order valence-electron chi connectivity index (χ1n) is 9.68. The molecule has 2 aliphatic rings. The molecule has 2 aliphatic heterocycles. The van der Waals surface area contributed by atoms with Crippen LogP contribution in [0.5, 0.6) is 0 Å². The minimum absolute atomic E-state index is 0. The molecule has 2 fully saturated rings. The topological polar surface area (TPSA) is 201 Å². The van der Waals surface area contributed by atoms with Crippen molar-refractivity contribution < 1.29 is 99.2 Å². The van der Waals surface area contributed by atoms with E-state index in [1.807, 2.05) is 11.8 Å². The van der Waals surface area contributed by atoms with E-state index in [0.717, 1.165) is 18.6 Å². The fraction of sp³-hybridized carbons (Fsp3) is 0.875. The van der Waals surface area contributed by atoms with Crippen LogP contribution in [0.2, 0.25) is 0 Å². The van der Waals surface area contributed by atoms with E-state index in [1.165, 1.54) is 0 Å². The summed E-state index contributed by atoms with van der Waals surface area (Å²) < 4.78 is 34.9. The molecule has 2 saturated heterocycles. The number of nitrogens with one attached hydrogen (secondary N) is 4. The number of rotatable bonds is 13. The molecule has 32 heavy (non-hydrogen) atoms. The van der Waals surface area contributed by atoms with Gasteiger partial charge in [0.25, 0.3) is 0 Å². The normalized spacial score (nSPS) is 24.8. The monoisotopic (exact) mass is 580 g/mol. The van der Waals surface area contributed by atoms with Crippen LogP contribution in [0.4, 0.5) is 4.79 Å². The Morgan fingerprint density at radius 2 is 2.03 bits per heavy atom. The fourth-order valence-corrected chi connectivity index (χ4v) is 5.26. The molecule has 0 spiro atoms. The van der Waals surface area contributed by atoms with Crippen molar-refractivity contribution in [2.24, 2.45) is 0 Å². The Morgan fingerprint density at radius 1 is 1.34 bits per heavy atom. The summed E-state index contributed by atoms with van der Waals surface area (Å²) in [5, 5.41) is 28.0. The molecule has 177 valence electrons. The molecule has 4 unspecified atom stereocenters. The zero-order valence-electron chi connectivity index (χ0n) is 17.9. The molecule has 2 heterocycles. The SMILES string of the molecule is [NH-]C(CNC(=O)CCCCC1SC[C@@H]2NC(=O)N[C@H]12)C(O)CC(O)COS(=O)(=O)[O-].[Na+].[Y]. The Balaban J connectivity index is 0.00000480. The van der Waals surface area contributed by atoms with Gasteiger partial charge in [0.1, 0.15) is 0 Å². The van der Waals surface area contributed by atoms with Crippen molar-refractivity contribution in [3.8, 4) is 0 Å². The Labute approximate surface area is 239 Å². The number of aliphatic hydroxyl groups is 2. The second kappa shape index (κ2) is 15.8. The Hall–Kier alpha value is 0.944. The molecule has 12 nitrogen and oxygen atoms in total. The van der Waals surface area contributed by atoms with E-state index in [1.54, 1.807) is 0 Å². The summed E-state index contributed by atoms with van der Waals surface area (Å²) in [6.07, 6.45) is -0.484. The van der Waals surface area contributed by atoms with Gasteiger partial charge in [-0.1, -0.05) is 12.5 Å². The summed E-state index contributed by atoms with van der Waals surface area (Å²) >= 11 is 1.81. The van der Waals surface area contributed by atoms with Crippen molar-refractivity contribution in [2.75, 3.05) is 18.9 Å². The summed E-state index contributed by atoms with van der Waals surface area (Å²) in [7, 11) is -4.94. The molecular weight excluding hydrogens is 552 g/mol. The van der Waals surface area contributed by atoms with Crippen molar-refractivity contribution in [3.63, 3.8) is 0 Å². The molecule has 2 rings (SSSR count). The van der Waals surface area contributed by atoms with Gasteiger partial charge in [-0.15, -0.1) is 0 Å². The predicted molar refractivity (Wildman–Crippen MR) is 107 cm³/mol. The summed E-state index contributed by atoms with van der Waals surface area (Å²) in [5.41, 5.74) is 7.79. The van der Waals surface area contributed by atoms with Gasteiger partial charge in [-0.05, 0) is 12.8 Å². The number of hydrogen-bond donors (Lipinski definition) is 5.